The van der Waals surface area contributed by atoms with Gasteiger partial charge in [-0.1, -0.05) is 37.3 Å². The highest BCUT2D eigenvalue weighted by Gasteiger charge is 2.34. The van der Waals surface area contributed by atoms with Gasteiger partial charge < -0.3 is 14.7 Å². The summed E-state index contributed by atoms with van der Waals surface area (Å²) in [5.41, 5.74) is 0.922. The van der Waals surface area contributed by atoms with E-state index in [4.69, 9.17) is 9.84 Å². The zero-order valence-corrected chi connectivity index (χ0v) is 12.2. The summed E-state index contributed by atoms with van der Waals surface area (Å²) in [6, 6.07) is 9.53. The van der Waals surface area contributed by atoms with Gasteiger partial charge in [-0.3, -0.25) is 4.79 Å². The van der Waals surface area contributed by atoms with Crippen molar-refractivity contribution in [3.63, 3.8) is 0 Å². The molecule has 0 radical (unpaired) electrons. The standard InChI is InChI=1S/C16H21NO4/c1-2-14-9-8-13(15(18)19)10-17(14)16(20)21-11-12-6-4-3-5-7-12/h3-7,13-14H,2,8-11H2,1H3,(H,18,19)/t13-,14?/m1/s1. The number of amides is 1. The maximum absolute atomic E-state index is 12.2. The third kappa shape index (κ3) is 3.97. The van der Waals surface area contributed by atoms with Gasteiger partial charge in [-0.2, -0.15) is 0 Å². The second kappa shape index (κ2) is 7.11. The van der Waals surface area contributed by atoms with Crippen LogP contribution in [-0.2, 0) is 16.1 Å². The maximum Gasteiger partial charge on any atom is 0.410 e. The first kappa shape index (κ1) is 15.4. The van der Waals surface area contributed by atoms with E-state index in [1.54, 1.807) is 4.90 Å². The van der Waals surface area contributed by atoms with Crippen molar-refractivity contribution in [3.05, 3.63) is 35.9 Å². The van der Waals surface area contributed by atoms with E-state index in [1.165, 1.54) is 0 Å². The van der Waals surface area contributed by atoms with Crippen molar-refractivity contribution in [3.8, 4) is 0 Å². The van der Waals surface area contributed by atoms with E-state index >= 15 is 0 Å². The number of carbonyl (C=O) groups is 2. The molecule has 0 spiro atoms. The lowest BCUT2D eigenvalue weighted by molar-refractivity contribution is -0.143. The van der Waals surface area contributed by atoms with E-state index in [-0.39, 0.29) is 19.2 Å². The van der Waals surface area contributed by atoms with Crippen LogP contribution in [0.1, 0.15) is 31.7 Å². The molecule has 1 aromatic carbocycles. The average molecular weight is 291 g/mol. The van der Waals surface area contributed by atoms with Crippen LogP contribution in [-0.4, -0.2) is 34.7 Å². The molecule has 0 aliphatic carbocycles. The first-order valence-electron chi connectivity index (χ1n) is 7.32. The van der Waals surface area contributed by atoms with Gasteiger partial charge in [0.05, 0.1) is 5.92 Å². The molecular weight excluding hydrogens is 270 g/mol. The molecule has 1 aliphatic rings. The number of hydrogen-bond acceptors (Lipinski definition) is 3. The van der Waals surface area contributed by atoms with E-state index in [0.717, 1.165) is 12.0 Å². The van der Waals surface area contributed by atoms with Crippen LogP contribution >= 0.6 is 0 Å². The molecule has 5 nitrogen and oxygen atoms in total. The van der Waals surface area contributed by atoms with Crippen molar-refractivity contribution in [2.24, 2.45) is 5.92 Å². The number of ether oxygens (including phenoxy) is 1. The smallest absolute Gasteiger partial charge is 0.410 e. The van der Waals surface area contributed by atoms with Crippen LogP contribution in [0, 0.1) is 5.92 Å². The predicted octanol–water partition coefficient (Wildman–Crippen LogP) is 2.90. The molecule has 1 N–H and O–H groups in total. The molecule has 1 saturated heterocycles. The summed E-state index contributed by atoms with van der Waals surface area (Å²) in [7, 11) is 0. The Morgan fingerprint density at radius 3 is 2.62 bits per heavy atom. The van der Waals surface area contributed by atoms with Gasteiger partial charge in [0.1, 0.15) is 6.61 Å². The van der Waals surface area contributed by atoms with E-state index < -0.39 is 18.0 Å². The molecule has 1 heterocycles. The van der Waals surface area contributed by atoms with Crippen LogP contribution in [0.2, 0.25) is 0 Å². The Labute approximate surface area is 124 Å². The topological polar surface area (TPSA) is 66.8 Å². The number of nitrogens with zero attached hydrogens (tertiary/aromatic N) is 1. The second-order valence-corrected chi connectivity index (χ2v) is 5.37. The highest BCUT2D eigenvalue weighted by molar-refractivity contribution is 5.73. The summed E-state index contributed by atoms with van der Waals surface area (Å²) in [6.07, 6.45) is 1.73. The van der Waals surface area contributed by atoms with Gasteiger partial charge in [-0.05, 0) is 24.8 Å². The molecule has 0 bridgehead atoms. The fourth-order valence-electron chi connectivity index (χ4n) is 2.68. The van der Waals surface area contributed by atoms with Gasteiger partial charge in [0, 0.05) is 12.6 Å². The Bertz CT molecular complexity index is 488. The van der Waals surface area contributed by atoms with Crippen molar-refractivity contribution in [2.75, 3.05) is 6.54 Å². The molecule has 2 atom stereocenters. The highest BCUT2D eigenvalue weighted by atomic mass is 16.6. The Hall–Kier alpha value is -2.04. The number of rotatable bonds is 4. The number of piperidine rings is 1. The van der Waals surface area contributed by atoms with Gasteiger partial charge in [0.25, 0.3) is 0 Å². The fourth-order valence-corrected chi connectivity index (χ4v) is 2.68. The van der Waals surface area contributed by atoms with Crippen molar-refractivity contribution >= 4 is 12.1 Å². The average Bonchev–Trinajstić information content (AvgIpc) is 2.52. The molecule has 1 unspecified atom stereocenters. The Kier molecular flexibility index (Phi) is 5.20. The summed E-state index contributed by atoms with van der Waals surface area (Å²) in [5, 5.41) is 9.13. The van der Waals surface area contributed by atoms with Gasteiger partial charge in [0.15, 0.2) is 0 Å². The van der Waals surface area contributed by atoms with Crippen LogP contribution in [0.3, 0.4) is 0 Å². The van der Waals surface area contributed by atoms with Gasteiger partial charge >= 0.3 is 12.1 Å². The molecule has 1 amide bonds. The van der Waals surface area contributed by atoms with E-state index in [0.29, 0.717) is 12.8 Å². The zero-order chi connectivity index (χ0) is 15.2. The van der Waals surface area contributed by atoms with Gasteiger partial charge in [0.2, 0.25) is 0 Å². The van der Waals surface area contributed by atoms with Crippen LogP contribution in [0.5, 0.6) is 0 Å². The minimum Gasteiger partial charge on any atom is -0.481 e. The monoisotopic (exact) mass is 291 g/mol. The Morgan fingerprint density at radius 2 is 2.00 bits per heavy atom. The lowest BCUT2D eigenvalue weighted by Gasteiger charge is -2.37. The van der Waals surface area contributed by atoms with Crippen molar-refractivity contribution in [1.82, 2.24) is 4.90 Å². The number of carbonyl (C=O) groups excluding carboxylic acids is 1. The number of aliphatic carboxylic acids is 1. The molecular formula is C16H21NO4. The molecule has 114 valence electrons. The molecule has 21 heavy (non-hydrogen) atoms. The van der Waals surface area contributed by atoms with Crippen molar-refractivity contribution in [1.29, 1.82) is 0 Å². The molecule has 2 rings (SSSR count). The van der Waals surface area contributed by atoms with Crippen LogP contribution < -0.4 is 0 Å². The first-order valence-corrected chi connectivity index (χ1v) is 7.32. The predicted molar refractivity (Wildman–Crippen MR) is 77.8 cm³/mol. The van der Waals surface area contributed by atoms with E-state index in [2.05, 4.69) is 0 Å². The van der Waals surface area contributed by atoms with Gasteiger partial charge in [-0.15, -0.1) is 0 Å². The summed E-state index contributed by atoms with van der Waals surface area (Å²) in [5.74, 6) is -1.33. The molecule has 1 aliphatic heterocycles. The molecule has 1 aromatic rings. The first-order chi connectivity index (χ1) is 10.1. The minimum absolute atomic E-state index is 0.0730. The van der Waals surface area contributed by atoms with E-state index in [1.807, 2.05) is 37.3 Å². The van der Waals surface area contributed by atoms with Crippen LogP contribution in [0.15, 0.2) is 30.3 Å². The number of benzene rings is 1. The molecule has 1 fully saturated rings. The third-order valence-electron chi connectivity index (χ3n) is 3.97. The number of carboxylic acids is 1. The molecule has 0 saturated carbocycles. The van der Waals surface area contributed by atoms with Gasteiger partial charge in [-0.25, -0.2) is 4.79 Å². The number of hydrogen-bond donors (Lipinski definition) is 1. The Morgan fingerprint density at radius 1 is 1.29 bits per heavy atom. The largest absolute Gasteiger partial charge is 0.481 e. The quantitative estimate of drug-likeness (QED) is 0.926. The second-order valence-electron chi connectivity index (χ2n) is 5.37. The summed E-state index contributed by atoms with van der Waals surface area (Å²) >= 11 is 0. The maximum atomic E-state index is 12.2. The summed E-state index contributed by atoms with van der Waals surface area (Å²) in [4.78, 5) is 24.9. The SMILES string of the molecule is CCC1CC[C@@H](C(=O)O)CN1C(=O)OCc1ccccc1. The van der Waals surface area contributed by atoms with Crippen molar-refractivity contribution < 1.29 is 19.4 Å². The fraction of sp³-hybridized carbons (Fsp3) is 0.500. The van der Waals surface area contributed by atoms with E-state index in [9.17, 15) is 9.59 Å². The molecule has 0 aromatic heterocycles. The van der Waals surface area contributed by atoms with Crippen molar-refractivity contribution in [2.45, 2.75) is 38.8 Å². The third-order valence-corrected chi connectivity index (χ3v) is 3.97. The summed E-state index contributed by atoms with van der Waals surface area (Å²) < 4.78 is 5.32. The minimum atomic E-state index is -0.842. The number of carboxylic acid groups (broad SMARTS) is 1. The normalized spacial score (nSPS) is 21.9. The lowest BCUT2D eigenvalue weighted by atomic mass is 9.92. The van der Waals surface area contributed by atoms with Crippen LogP contribution in [0.25, 0.3) is 0 Å². The number of likely N-dealkylation sites (tertiary alicyclic amines) is 1. The molecule has 5 heteroatoms. The zero-order valence-electron chi connectivity index (χ0n) is 12.2. The highest BCUT2D eigenvalue weighted by Crippen LogP contribution is 2.25. The van der Waals surface area contributed by atoms with Crippen LogP contribution in [0.4, 0.5) is 4.79 Å². The lowest BCUT2D eigenvalue weighted by Crippen LogP contribution is -2.48. The Balaban J connectivity index is 1.96. The summed E-state index contributed by atoms with van der Waals surface area (Å²) in [6.45, 7) is 2.45.